The van der Waals surface area contributed by atoms with Crippen molar-refractivity contribution in [3.63, 3.8) is 0 Å². The molecule has 0 aliphatic heterocycles. The number of fused-ring (bicyclic) bond motifs is 3. The van der Waals surface area contributed by atoms with Crippen LogP contribution >= 0.6 is 11.8 Å². The van der Waals surface area contributed by atoms with Crippen molar-refractivity contribution >= 4 is 23.6 Å². The molecular formula is C38H33NO3S. The number of thioether (sulfide) groups is 1. The molecule has 0 bridgehead atoms. The summed E-state index contributed by atoms with van der Waals surface area (Å²) in [5, 5.41) is 2.88. The summed E-state index contributed by atoms with van der Waals surface area (Å²) in [5.41, 5.74) is 7.93. The summed E-state index contributed by atoms with van der Waals surface area (Å²) in [6.45, 7) is 1.71. The molecule has 0 saturated carbocycles. The Morgan fingerprint density at radius 1 is 0.674 bits per heavy atom. The van der Waals surface area contributed by atoms with Crippen molar-refractivity contribution in [3.8, 4) is 11.1 Å². The molecule has 5 heteroatoms. The number of benzene rings is 5. The van der Waals surface area contributed by atoms with Crippen LogP contribution in [0.25, 0.3) is 11.1 Å². The largest absolute Gasteiger partial charge is 0.449 e. The zero-order valence-electron chi connectivity index (χ0n) is 24.0. The van der Waals surface area contributed by atoms with Gasteiger partial charge in [-0.25, -0.2) is 4.79 Å². The van der Waals surface area contributed by atoms with Crippen LogP contribution in [0.1, 0.15) is 40.7 Å². The lowest BCUT2D eigenvalue weighted by molar-refractivity contribution is -0.118. The first-order valence-corrected chi connectivity index (χ1v) is 15.5. The van der Waals surface area contributed by atoms with Gasteiger partial charge in [0.25, 0.3) is 0 Å². The normalized spacial score (nSPS) is 13.0. The van der Waals surface area contributed by atoms with Crippen molar-refractivity contribution in [2.45, 2.75) is 23.6 Å². The predicted molar refractivity (Wildman–Crippen MR) is 174 cm³/mol. The molecule has 0 saturated heterocycles. The molecule has 0 heterocycles. The number of amides is 1. The van der Waals surface area contributed by atoms with Crippen LogP contribution in [0.5, 0.6) is 0 Å². The molecule has 1 N–H and O–H groups in total. The van der Waals surface area contributed by atoms with E-state index >= 15 is 0 Å². The van der Waals surface area contributed by atoms with Crippen molar-refractivity contribution in [3.05, 3.63) is 167 Å². The number of alkyl carbamates (subject to hydrolysis) is 1. The van der Waals surface area contributed by atoms with Crippen LogP contribution < -0.4 is 5.32 Å². The molecule has 0 fully saturated rings. The molecule has 1 aliphatic carbocycles. The quantitative estimate of drug-likeness (QED) is 0.168. The summed E-state index contributed by atoms with van der Waals surface area (Å²) in [4.78, 5) is 26.1. The third-order valence-corrected chi connectivity index (χ3v) is 9.77. The molecule has 1 unspecified atom stereocenters. The van der Waals surface area contributed by atoms with Crippen molar-refractivity contribution < 1.29 is 14.3 Å². The summed E-state index contributed by atoms with van der Waals surface area (Å²) >= 11 is 1.64. The van der Waals surface area contributed by atoms with Crippen LogP contribution in [-0.2, 0) is 14.3 Å². The van der Waals surface area contributed by atoms with E-state index in [9.17, 15) is 9.59 Å². The molecular weight excluding hydrogens is 550 g/mol. The molecule has 214 valence electrons. The van der Waals surface area contributed by atoms with Crippen molar-refractivity contribution in [2.75, 3.05) is 12.4 Å². The number of hydrogen-bond donors (Lipinski definition) is 1. The smallest absolute Gasteiger partial charge is 0.407 e. The van der Waals surface area contributed by atoms with Gasteiger partial charge in [0.05, 0.1) is 10.8 Å². The molecule has 1 aliphatic rings. The zero-order chi connectivity index (χ0) is 29.6. The fraction of sp³-hybridized carbons (Fsp3) is 0.158. The van der Waals surface area contributed by atoms with Crippen molar-refractivity contribution in [1.29, 1.82) is 0 Å². The van der Waals surface area contributed by atoms with Gasteiger partial charge in [0.15, 0.2) is 5.78 Å². The van der Waals surface area contributed by atoms with Gasteiger partial charge in [0, 0.05) is 11.7 Å². The third-order valence-electron chi connectivity index (χ3n) is 8.13. The highest BCUT2D eigenvalue weighted by Crippen LogP contribution is 2.49. The summed E-state index contributed by atoms with van der Waals surface area (Å²) in [5.74, 6) is 0.187. The van der Waals surface area contributed by atoms with E-state index < -0.39 is 16.9 Å². The van der Waals surface area contributed by atoms with E-state index in [0.29, 0.717) is 5.75 Å². The Morgan fingerprint density at radius 2 is 1.09 bits per heavy atom. The van der Waals surface area contributed by atoms with Crippen molar-refractivity contribution in [2.24, 2.45) is 0 Å². The molecule has 0 aromatic heterocycles. The number of carbonyl (C=O) groups excluding carboxylic acids is 2. The van der Waals surface area contributed by atoms with Gasteiger partial charge in [-0.1, -0.05) is 140 Å². The number of rotatable bonds is 10. The second-order valence-corrected chi connectivity index (χ2v) is 12.0. The summed E-state index contributed by atoms with van der Waals surface area (Å²) in [7, 11) is 0. The monoisotopic (exact) mass is 583 g/mol. The lowest BCUT2D eigenvalue weighted by Crippen LogP contribution is -2.43. The fourth-order valence-electron chi connectivity index (χ4n) is 6.02. The number of ether oxygens (including phenoxy) is 1. The molecule has 0 spiro atoms. The molecule has 5 aromatic rings. The van der Waals surface area contributed by atoms with E-state index in [4.69, 9.17) is 4.74 Å². The Balaban J connectivity index is 1.23. The second kappa shape index (κ2) is 12.7. The maximum Gasteiger partial charge on any atom is 0.407 e. The Hall–Kier alpha value is -4.61. The maximum absolute atomic E-state index is 13.2. The van der Waals surface area contributed by atoms with E-state index in [1.807, 2.05) is 78.9 Å². The first kappa shape index (κ1) is 28.5. The van der Waals surface area contributed by atoms with Crippen LogP contribution in [-0.4, -0.2) is 30.3 Å². The molecule has 4 nitrogen and oxygen atoms in total. The fourth-order valence-corrected chi connectivity index (χ4v) is 7.66. The third kappa shape index (κ3) is 5.73. The Labute approximate surface area is 257 Å². The molecule has 6 rings (SSSR count). The highest BCUT2D eigenvalue weighted by Gasteiger charge is 2.38. The minimum Gasteiger partial charge on any atom is -0.449 e. The highest BCUT2D eigenvalue weighted by molar-refractivity contribution is 8.00. The van der Waals surface area contributed by atoms with Crippen molar-refractivity contribution in [1.82, 2.24) is 5.32 Å². The van der Waals surface area contributed by atoms with Crippen LogP contribution in [0, 0.1) is 0 Å². The number of ketones is 1. The van der Waals surface area contributed by atoms with Gasteiger partial charge in [-0.2, -0.15) is 0 Å². The lowest BCUT2D eigenvalue weighted by atomic mass is 9.84. The predicted octanol–water partition coefficient (Wildman–Crippen LogP) is 8.21. The van der Waals surface area contributed by atoms with Crippen LogP contribution in [0.15, 0.2) is 140 Å². The molecule has 43 heavy (non-hydrogen) atoms. The van der Waals surface area contributed by atoms with Gasteiger partial charge < -0.3 is 10.1 Å². The van der Waals surface area contributed by atoms with Gasteiger partial charge in [-0.05, 0) is 45.9 Å². The minimum absolute atomic E-state index is 0.0507. The second-order valence-electron chi connectivity index (χ2n) is 10.7. The van der Waals surface area contributed by atoms with Gasteiger partial charge in [0.1, 0.15) is 6.61 Å². The number of Topliss-reactive ketones (excluding diaryl/α,β-unsaturated/α-hetero) is 1. The molecule has 5 aromatic carbocycles. The molecule has 0 radical (unpaired) electrons. The minimum atomic E-state index is -0.726. The Kier molecular flexibility index (Phi) is 8.43. The number of hydrogen-bond acceptors (Lipinski definition) is 4. The average molecular weight is 584 g/mol. The summed E-state index contributed by atoms with van der Waals surface area (Å²) < 4.78 is 5.20. The van der Waals surface area contributed by atoms with E-state index in [1.165, 1.54) is 18.1 Å². The Bertz CT molecular complexity index is 1560. The topological polar surface area (TPSA) is 55.4 Å². The highest BCUT2D eigenvalue weighted by atomic mass is 32.2. The lowest BCUT2D eigenvalue weighted by Gasteiger charge is -2.36. The molecule has 1 atom stereocenters. The van der Waals surface area contributed by atoms with E-state index in [1.54, 1.807) is 11.8 Å². The first-order chi connectivity index (χ1) is 21.1. The van der Waals surface area contributed by atoms with Crippen LogP contribution in [0.3, 0.4) is 0 Å². The maximum atomic E-state index is 13.2. The van der Waals surface area contributed by atoms with Crippen LogP contribution in [0.4, 0.5) is 4.79 Å². The number of nitrogens with one attached hydrogen (secondary N) is 1. The SMILES string of the molecule is CC(=O)C(CSC(c1ccccc1)(c1ccccc1)c1ccccc1)NC(=O)OCC1c2ccccc2-c2ccccc21. The van der Waals surface area contributed by atoms with Gasteiger partial charge in [-0.15, -0.1) is 11.8 Å². The van der Waals surface area contributed by atoms with Gasteiger partial charge in [0.2, 0.25) is 0 Å². The van der Waals surface area contributed by atoms with E-state index in [-0.39, 0.29) is 18.3 Å². The number of carbonyl (C=O) groups is 2. The van der Waals surface area contributed by atoms with E-state index in [2.05, 4.69) is 66.0 Å². The summed E-state index contributed by atoms with van der Waals surface area (Å²) in [6.07, 6.45) is -0.590. The van der Waals surface area contributed by atoms with E-state index in [0.717, 1.165) is 27.8 Å². The first-order valence-electron chi connectivity index (χ1n) is 14.5. The average Bonchev–Trinajstić information content (AvgIpc) is 3.38. The summed E-state index contributed by atoms with van der Waals surface area (Å²) in [6, 6.07) is 46.7. The Morgan fingerprint density at radius 3 is 1.53 bits per heavy atom. The van der Waals surface area contributed by atoms with Gasteiger partial charge >= 0.3 is 6.09 Å². The zero-order valence-corrected chi connectivity index (χ0v) is 24.8. The van der Waals surface area contributed by atoms with Crippen LogP contribution in [0.2, 0.25) is 0 Å². The van der Waals surface area contributed by atoms with Gasteiger partial charge in [-0.3, -0.25) is 4.79 Å². The standard InChI is InChI=1S/C38H33NO3S/c1-27(40)36(39-37(41)42-25-35-33-23-13-11-21-31(33)32-22-12-14-24-34(32)35)26-43-38(28-15-5-2-6-16-28,29-17-7-3-8-18-29)30-19-9-4-10-20-30/h2-24,35-36H,25-26H2,1H3,(H,39,41). The molecule has 1 amide bonds.